The van der Waals surface area contributed by atoms with Crippen LogP contribution in [0.4, 0.5) is 5.69 Å². The van der Waals surface area contributed by atoms with E-state index in [1.807, 2.05) is 0 Å². The number of carbonyl (C=O) groups is 2. The number of para-hydroxylation sites is 1. The Morgan fingerprint density at radius 1 is 1.04 bits per heavy atom. The molecule has 1 unspecified atom stereocenters. The van der Waals surface area contributed by atoms with Gasteiger partial charge in [-0.1, -0.05) is 30.3 Å². The maximum absolute atomic E-state index is 12.7. The van der Waals surface area contributed by atoms with Crippen molar-refractivity contribution in [1.29, 1.82) is 0 Å². The Morgan fingerprint density at radius 2 is 1.64 bits per heavy atom. The van der Waals surface area contributed by atoms with Crippen molar-refractivity contribution in [2.75, 3.05) is 11.9 Å². The fourth-order valence-electron chi connectivity index (χ4n) is 2.94. The van der Waals surface area contributed by atoms with Gasteiger partial charge in [0.15, 0.2) is 5.78 Å². The van der Waals surface area contributed by atoms with Crippen LogP contribution in [-0.4, -0.2) is 31.7 Å². The summed E-state index contributed by atoms with van der Waals surface area (Å²) in [5, 5.41) is 0. The largest absolute Gasteiger partial charge is 1.00 e. The Labute approximate surface area is 167 Å². The van der Waals surface area contributed by atoms with Crippen LogP contribution in [0.15, 0.2) is 53.4 Å². The smallest absolute Gasteiger partial charge is 0.744 e. The number of hydrogen-bond donors (Lipinski definition) is 0. The van der Waals surface area contributed by atoms with Crippen molar-refractivity contribution < 1.29 is 52.1 Å². The molecule has 1 atom stereocenters. The summed E-state index contributed by atoms with van der Waals surface area (Å²) in [6.45, 7) is 0. The van der Waals surface area contributed by atoms with E-state index in [1.54, 1.807) is 37.4 Å². The summed E-state index contributed by atoms with van der Waals surface area (Å²) in [7, 11) is -3.11. The van der Waals surface area contributed by atoms with Crippen molar-refractivity contribution >= 4 is 27.5 Å². The molecule has 0 fully saturated rings. The molecule has 0 N–H and O–H groups in total. The summed E-state index contributed by atoms with van der Waals surface area (Å²) in [5.74, 6) is -1.84. The van der Waals surface area contributed by atoms with Crippen LogP contribution < -0.4 is 34.5 Å². The van der Waals surface area contributed by atoms with Gasteiger partial charge in [-0.15, -0.1) is 0 Å². The average Bonchev–Trinajstić information content (AvgIpc) is 2.56. The van der Waals surface area contributed by atoms with E-state index >= 15 is 0 Å². The van der Waals surface area contributed by atoms with Crippen LogP contribution in [0.1, 0.15) is 15.9 Å². The molecule has 124 valence electrons. The van der Waals surface area contributed by atoms with Gasteiger partial charge in [0, 0.05) is 12.6 Å². The molecule has 0 saturated carbocycles. The van der Waals surface area contributed by atoms with Gasteiger partial charge in [-0.05, 0) is 30.2 Å². The number of fused-ring (bicyclic) bond motifs is 1. The van der Waals surface area contributed by atoms with E-state index in [4.69, 9.17) is 0 Å². The van der Waals surface area contributed by atoms with Gasteiger partial charge in [-0.3, -0.25) is 9.59 Å². The zero-order chi connectivity index (χ0) is 17.5. The number of Topliss-reactive ketones (excluding diaryl/α,β-unsaturated/α-hetero) is 1. The predicted octanol–water partition coefficient (Wildman–Crippen LogP) is -1.39. The number of rotatable bonds is 3. The van der Waals surface area contributed by atoms with E-state index in [1.165, 1.54) is 23.1 Å². The second-order valence-corrected chi connectivity index (χ2v) is 6.95. The SMILES string of the molecule is CN1C(=O)C(Cc2ccccc2S(=O)(=O)[O-])C(=O)c2ccccc21.[Na+]. The van der Waals surface area contributed by atoms with Crippen molar-refractivity contribution in [3.63, 3.8) is 0 Å². The molecule has 8 heteroatoms. The van der Waals surface area contributed by atoms with Crippen LogP contribution in [0, 0.1) is 5.92 Å². The van der Waals surface area contributed by atoms with E-state index in [9.17, 15) is 22.6 Å². The van der Waals surface area contributed by atoms with Gasteiger partial charge in [-0.2, -0.15) is 0 Å². The monoisotopic (exact) mass is 367 g/mol. The van der Waals surface area contributed by atoms with E-state index in [-0.39, 0.29) is 47.3 Å². The first kappa shape index (κ1) is 19.8. The van der Waals surface area contributed by atoms with Crippen LogP contribution in [0.25, 0.3) is 0 Å². The normalized spacial score (nSPS) is 17.0. The summed E-state index contributed by atoms with van der Waals surface area (Å²) < 4.78 is 34.2. The standard InChI is InChI=1S/C17H15NO5S.Na/c1-18-14-8-4-3-7-12(14)16(19)13(17(18)20)10-11-6-2-5-9-15(11)24(21,22)23;/h2-9,13H,10H2,1H3,(H,21,22,23);/q;+1/p-1. The number of amides is 1. The minimum atomic E-state index is -4.68. The van der Waals surface area contributed by atoms with Gasteiger partial charge in [0.25, 0.3) is 0 Å². The van der Waals surface area contributed by atoms with Gasteiger partial charge in [-0.25, -0.2) is 8.42 Å². The molecule has 25 heavy (non-hydrogen) atoms. The van der Waals surface area contributed by atoms with Crippen LogP contribution in [0.3, 0.4) is 0 Å². The first-order chi connectivity index (χ1) is 11.3. The summed E-state index contributed by atoms with van der Waals surface area (Å²) in [6, 6.07) is 12.4. The second kappa shape index (κ2) is 7.39. The molecule has 2 aromatic carbocycles. The maximum Gasteiger partial charge on any atom is 1.00 e. The molecule has 0 spiro atoms. The topological polar surface area (TPSA) is 94.6 Å². The van der Waals surface area contributed by atoms with Gasteiger partial charge >= 0.3 is 29.6 Å². The molecule has 1 heterocycles. The second-order valence-electron chi connectivity index (χ2n) is 5.60. The molecule has 2 aromatic rings. The van der Waals surface area contributed by atoms with E-state index in [0.717, 1.165) is 0 Å². The molecule has 0 saturated heterocycles. The number of ketones is 1. The first-order valence-electron chi connectivity index (χ1n) is 7.25. The fraction of sp³-hybridized carbons (Fsp3) is 0.176. The Hall–Kier alpha value is -1.51. The van der Waals surface area contributed by atoms with E-state index in [2.05, 4.69) is 0 Å². The van der Waals surface area contributed by atoms with E-state index < -0.39 is 26.8 Å². The molecule has 6 nitrogen and oxygen atoms in total. The predicted molar refractivity (Wildman–Crippen MR) is 85.8 cm³/mol. The minimum absolute atomic E-state index is 0. The Morgan fingerprint density at radius 3 is 2.32 bits per heavy atom. The van der Waals surface area contributed by atoms with Crippen molar-refractivity contribution in [3.8, 4) is 0 Å². The Bertz CT molecular complexity index is 942. The first-order valence-corrected chi connectivity index (χ1v) is 8.66. The van der Waals surface area contributed by atoms with Gasteiger partial charge in [0.2, 0.25) is 5.91 Å². The van der Waals surface area contributed by atoms with Crippen LogP contribution >= 0.6 is 0 Å². The van der Waals surface area contributed by atoms with Crippen LogP contribution in [0.5, 0.6) is 0 Å². The zero-order valence-electron chi connectivity index (χ0n) is 13.8. The molecule has 0 aromatic heterocycles. The molecule has 0 aliphatic carbocycles. The van der Waals surface area contributed by atoms with Crippen LogP contribution in [0.2, 0.25) is 0 Å². The van der Waals surface area contributed by atoms with E-state index in [0.29, 0.717) is 11.3 Å². The zero-order valence-corrected chi connectivity index (χ0v) is 16.6. The number of nitrogens with zero attached hydrogens (tertiary/aromatic N) is 1. The molecule has 0 bridgehead atoms. The van der Waals surface area contributed by atoms with Crippen molar-refractivity contribution in [2.24, 2.45) is 5.92 Å². The minimum Gasteiger partial charge on any atom is -0.744 e. The maximum atomic E-state index is 12.7. The molecule has 0 radical (unpaired) electrons. The fourth-order valence-corrected chi connectivity index (χ4v) is 3.66. The van der Waals surface area contributed by atoms with Gasteiger partial charge in [0.1, 0.15) is 16.0 Å². The number of benzene rings is 2. The van der Waals surface area contributed by atoms with Crippen molar-refractivity contribution in [2.45, 2.75) is 11.3 Å². The third-order valence-electron chi connectivity index (χ3n) is 4.14. The molecule has 1 aliphatic heterocycles. The number of hydrogen-bond acceptors (Lipinski definition) is 5. The average molecular weight is 367 g/mol. The quantitative estimate of drug-likeness (QED) is 0.378. The third-order valence-corrected chi connectivity index (χ3v) is 5.08. The third kappa shape index (κ3) is 3.70. The molecular formula is C17H14NNaO5S. The summed E-state index contributed by atoms with van der Waals surface area (Å²) in [6.07, 6.45) is -0.131. The molecule has 1 aliphatic rings. The summed E-state index contributed by atoms with van der Waals surface area (Å²) in [5.41, 5.74) is 1.10. The summed E-state index contributed by atoms with van der Waals surface area (Å²) >= 11 is 0. The van der Waals surface area contributed by atoms with Gasteiger partial charge < -0.3 is 9.45 Å². The number of carbonyl (C=O) groups excluding carboxylic acids is 2. The van der Waals surface area contributed by atoms with Gasteiger partial charge in [0.05, 0.1) is 10.6 Å². The Balaban J connectivity index is 0.00000225. The van der Waals surface area contributed by atoms with Crippen molar-refractivity contribution in [1.82, 2.24) is 0 Å². The molecule has 1 amide bonds. The molecule has 3 rings (SSSR count). The summed E-state index contributed by atoms with van der Waals surface area (Å²) in [4.78, 5) is 26.2. The number of anilines is 1. The molecular weight excluding hydrogens is 353 g/mol. The van der Waals surface area contributed by atoms with Crippen molar-refractivity contribution in [3.05, 3.63) is 59.7 Å². The van der Waals surface area contributed by atoms with Crippen LogP contribution in [-0.2, 0) is 21.3 Å². The Kier molecular flexibility index (Phi) is 5.86.